The van der Waals surface area contributed by atoms with Gasteiger partial charge in [0.25, 0.3) is 0 Å². The number of nitrogens with zero attached hydrogens (tertiary/aromatic N) is 1. The highest BCUT2D eigenvalue weighted by atomic mass is 79.9. The number of nitrogens with one attached hydrogen (secondary N) is 1. The first-order valence-electron chi connectivity index (χ1n) is 9.65. The first-order valence-corrected chi connectivity index (χ1v) is 12.4. The zero-order chi connectivity index (χ0) is 22.1. The van der Waals surface area contributed by atoms with E-state index in [4.69, 9.17) is 23.2 Å². The number of hydrogen-bond acceptors (Lipinski definition) is 3. The standard InChI is InChI=1S/C22H25BrCl2N2O2S/c1-3-10-26-22(29)15(2)27(12-17-6-9-19(24)11-20(17)25)21(28)14-30-13-16-4-7-18(23)8-5-16/h4-9,11,15H,3,10,12-14H2,1-2H3,(H,26,29)/t15-/m1/s1. The molecule has 0 unspecified atom stereocenters. The lowest BCUT2D eigenvalue weighted by Gasteiger charge is -2.29. The van der Waals surface area contributed by atoms with Crippen molar-refractivity contribution in [1.82, 2.24) is 10.2 Å². The molecule has 0 fully saturated rings. The minimum Gasteiger partial charge on any atom is -0.354 e. The Hall–Kier alpha value is -1.21. The molecule has 1 atom stereocenters. The molecule has 8 heteroatoms. The zero-order valence-electron chi connectivity index (χ0n) is 17.0. The molecule has 0 spiro atoms. The monoisotopic (exact) mass is 530 g/mol. The molecule has 0 aliphatic rings. The van der Waals surface area contributed by atoms with Crippen LogP contribution in [-0.2, 0) is 21.9 Å². The maximum Gasteiger partial charge on any atom is 0.242 e. The minimum atomic E-state index is -0.607. The van der Waals surface area contributed by atoms with Gasteiger partial charge in [0.2, 0.25) is 11.8 Å². The minimum absolute atomic E-state index is 0.109. The largest absolute Gasteiger partial charge is 0.354 e. The van der Waals surface area contributed by atoms with Crippen LogP contribution in [0.1, 0.15) is 31.4 Å². The second-order valence-electron chi connectivity index (χ2n) is 6.84. The summed E-state index contributed by atoms with van der Waals surface area (Å²) in [5.41, 5.74) is 1.89. The van der Waals surface area contributed by atoms with E-state index in [0.29, 0.717) is 22.3 Å². The Labute approximate surface area is 200 Å². The molecule has 4 nitrogen and oxygen atoms in total. The molecule has 2 rings (SSSR count). The number of halogens is 3. The Bertz CT molecular complexity index is 865. The molecule has 0 heterocycles. The van der Waals surface area contributed by atoms with E-state index in [2.05, 4.69) is 21.2 Å². The molecule has 1 N–H and O–H groups in total. The lowest BCUT2D eigenvalue weighted by atomic mass is 10.1. The van der Waals surface area contributed by atoms with Crippen LogP contribution in [0.2, 0.25) is 10.0 Å². The molecular formula is C22H25BrCl2N2O2S. The van der Waals surface area contributed by atoms with E-state index in [1.807, 2.05) is 31.2 Å². The van der Waals surface area contributed by atoms with Gasteiger partial charge in [-0.3, -0.25) is 9.59 Å². The third kappa shape index (κ3) is 7.80. The first kappa shape index (κ1) is 25.1. The summed E-state index contributed by atoms with van der Waals surface area (Å²) in [4.78, 5) is 27.2. The van der Waals surface area contributed by atoms with Gasteiger partial charge >= 0.3 is 0 Å². The topological polar surface area (TPSA) is 49.4 Å². The van der Waals surface area contributed by atoms with Crippen molar-refractivity contribution in [2.75, 3.05) is 12.3 Å². The number of carbonyl (C=O) groups is 2. The number of benzene rings is 2. The lowest BCUT2D eigenvalue weighted by Crippen LogP contribution is -2.48. The summed E-state index contributed by atoms with van der Waals surface area (Å²) < 4.78 is 1.02. The van der Waals surface area contributed by atoms with Crippen molar-refractivity contribution in [1.29, 1.82) is 0 Å². The highest BCUT2D eigenvalue weighted by molar-refractivity contribution is 9.10. The van der Waals surface area contributed by atoms with Crippen LogP contribution in [0.15, 0.2) is 46.9 Å². The van der Waals surface area contributed by atoms with E-state index in [0.717, 1.165) is 22.0 Å². The number of rotatable bonds is 10. The van der Waals surface area contributed by atoms with Crippen LogP contribution in [0.3, 0.4) is 0 Å². The number of hydrogen-bond donors (Lipinski definition) is 1. The average molecular weight is 532 g/mol. The van der Waals surface area contributed by atoms with Crippen molar-refractivity contribution in [2.24, 2.45) is 0 Å². The van der Waals surface area contributed by atoms with Gasteiger partial charge < -0.3 is 10.2 Å². The fraction of sp³-hybridized carbons (Fsp3) is 0.364. The van der Waals surface area contributed by atoms with Gasteiger partial charge in [0.1, 0.15) is 6.04 Å². The van der Waals surface area contributed by atoms with Gasteiger partial charge in [-0.15, -0.1) is 11.8 Å². The molecule has 2 aromatic carbocycles. The van der Waals surface area contributed by atoms with E-state index in [1.165, 1.54) is 11.8 Å². The second-order valence-corrected chi connectivity index (χ2v) is 9.59. The van der Waals surface area contributed by atoms with Crippen molar-refractivity contribution in [3.63, 3.8) is 0 Å². The maximum atomic E-state index is 13.0. The van der Waals surface area contributed by atoms with Gasteiger partial charge in [-0.05, 0) is 48.7 Å². The molecule has 2 amide bonds. The summed E-state index contributed by atoms with van der Waals surface area (Å²) >= 11 is 17.2. The second kappa shape index (κ2) is 12.6. The molecule has 162 valence electrons. The molecule has 0 bridgehead atoms. The van der Waals surface area contributed by atoms with Crippen LogP contribution in [0, 0.1) is 0 Å². The molecule has 0 radical (unpaired) electrons. The summed E-state index contributed by atoms with van der Waals surface area (Å²) in [6, 6.07) is 12.6. The third-order valence-electron chi connectivity index (χ3n) is 4.48. The van der Waals surface area contributed by atoms with E-state index in [1.54, 1.807) is 30.0 Å². The van der Waals surface area contributed by atoms with Crippen molar-refractivity contribution >= 4 is 62.7 Å². The molecule has 0 aliphatic carbocycles. The molecule has 0 saturated carbocycles. The highest BCUT2D eigenvalue weighted by Gasteiger charge is 2.26. The molecule has 0 aliphatic heterocycles. The van der Waals surface area contributed by atoms with Crippen LogP contribution in [0.25, 0.3) is 0 Å². The van der Waals surface area contributed by atoms with Crippen molar-refractivity contribution in [3.05, 3.63) is 68.1 Å². The average Bonchev–Trinajstić information content (AvgIpc) is 2.72. The van der Waals surface area contributed by atoms with Gasteiger partial charge in [0.15, 0.2) is 0 Å². The third-order valence-corrected chi connectivity index (χ3v) is 6.58. The highest BCUT2D eigenvalue weighted by Crippen LogP contribution is 2.24. The van der Waals surface area contributed by atoms with Crippen LogP contribution < -0.4 is 5.32 Å². The van der Waals surface area contributed by atoms with E-state index >= 15 is 0 Å². The molecule has 0 saturated heterocycles. The zero-order valence-corrected chi connectivity index (χ0v) is 20.9. The molecule has 2 aromatic rings. The fourth-order valence-electron chi connectivity index (χ4n) is 2.73. The van der Waals surface area contributed by atoms with Gasteiger partial charge in [-0.25, -0.2) is 0 Å². The van der Waals surface area contributed by atoms with E-state index in [9.17, 15) is 9.59 Å². The van der Waals surface area contributed by atoms with Crippen molar-refractivity contribution in [3.8, 4) is 0 Å². The Balaban J connectivity index is 2.09. The van der Waals surface area contributed by atoms with Crippen LogP contribution in [-0.4, -0.2) is 35.1 Å². The Morgan fingerprint density at radius 2 is 1.87 bits per heavy atom. The van der Waals surface area contributed by atoms with Crippen LogP contribution in [0.5, 0.6) is 0 Å². The molecular weight excluding hydrogens is 507 g/mol. The summed E-state index contributed by atoms with van der Waals surface area (Å²) in [6.07, 6.45) is 0.832. The smallest absolute Gasteiger partial charge is 0.242 e. The van der Waals surface area contributed by atoms with Gasteiger partial charge in [-0.1, -0.05) is 64.3 Å². The molecule has 30 heavy (non-hydrogen) atoms. The normalized spacial score (nSPS) is 11.8. The fourth-order valence-corrected chi connectivity index (χ4v) is 4.33. The van der Waals surface area contributed by atoms with Crippen molar-refractivity contribution < 1.29 is 9.59 Å². The predicted octanol–water partition coefficient (Wildman–Crippen LogP) is 5.93. The number of amides is 2. The number of thioether (sulfide) groups is 1. The predicted molar refractivity (Wildman–Crippen MR) is 130 cm³/mol. The lowest BCUT2D eigenvalue weighted by molar-refractivity contribution is -0.138. The summed E-state index contributed by atoms with van der Waals surface area (Å²) in [7, 11) is 0. The summed E-state index contributed by atoms with van der Waals surface area (Å²) in [6.45, 7) is 4.55. The first-order chi connectivity index (χ1) is 14.3. The van der Waals surface area contributed by atoms with Crippen LogP contribution >= 0.6 is 50.9 Å². The summed E-state index contributed by atoms with van der Waals surface area (Å²) in [5.74, 6) is 0.702. The number of carbonyl (C=O) groups excluding carboxylic acids is 2. The van der Waals surface area contributed by atoms with Gasteiger partial charge in [0, 0.05) is 33.4 Å². The van der Waals surface area contributed by atoms with E-state index < -0.39 is 6.04 Å². The van der Waals surface area contributed by atoms with Gasteiger partial charge in [0.05, 0.1) is 5.75 Å². The Kier molecular flexibility index (Phi) is 10.5. The summed E-state index contributed by atoms with van der Waals surface area (Å²) in [5, 5.41) is 3.87. The maximum absolute atomic E-state index is 13.0. The Morgan fingerprint density at radius 1 is 1.17 bits per heavy atom. The quantitative estimate of drug-likeness (QED) is 0.413. The van der Waals surface area contributed by atoms with E-state index in [-0.39, 0.29) is 24.1 Å². The van der Waals surface area contributed by atoms with Gasteiger partial charge in [-0.2, -0.15) is 0 Å². The van der Waals surface area contributed by atoms with Crippen molar-refractivity contribution in [2.45, 2.75) is 38.6 Å². The Morgan fingerprint density at radius 3 is 2.50 bits per heavy atom. The molecule has 0 aromatic heterocycles. The van der Waals surface area contributed by atoms with Crippen LogP contribution in [0.4, 0.5) is 0 Å². The SMILES string of the molecule is CCCNC(=O)[C@@H](C)N(Cc1ccc(Cl)cc1Cl)C(=O)CSCc1ccc(Br)cc1.